The highest BCUT2D eigenvalue weighted by Crippen LogP contribution is 2.64. The van der Waals surface area contributed by atoms with Crippen molar-refractivity contribution < 1.29 is 13.2 Å². The van der Waals surface area contributed by atoms with Crippen LogP contribution in [0.1, 0.15) is 97.3 Å². The summed E-state index contributed by atoms with van der Waals surface area (Å²) in [6.45, 7) is 4.30. The summed E-state index contributed by atoms with van der Waals surface area (Å²) in [5, 5.41) is 0. The maximum atomic E-state index is 13.9. The minimum absolute atomic E-state index is 0.0648. The molecule has 4 aliphatic carbocycles. The Balaban J connectivity index is 1.65. The van der Waals surface area contributed by atoms with Crippen LogP contribution in [0.25, 0.3) is 0 Å². The molecule has 2 bridgehead atoms. The van der Waals surface area contributed by atoms with Crippen LogP contribution in [0.2, 0.25) is 0 Å². The fourth-order valence-corrected chi connectivity index (χ4v) is 9.70. The molecular weight excluding hydrogens is 358 g/mol. The minimum atomic E-state index is -3.44. The molecule has 4 fully saturated rings. The SMILES string of the molecule is CC1(C)C2CCC1(CS(=O)(=O)N(C1CCCCC1)C1CCCCC1)C(=O)C2. The number of carbonyl (C=O) groups excluding carboxylic acids is 1. The van der Waals surface area contributed by atoms with Gasteiger partial charge < -0.3 is 0 Å². The molecule has 0 radical (unpaired) electrons. The third kappa shape index (κ3) is 3.21. The van der Waals surface area contributed by atoms with Gasteiger partial charge in [0.05, 0.1) is 5.75 Å². The van der Waals surface area contributed by atoms with Crippen molar-refractivity contribution >= 4 is 15.8 Å². The normalized spacial score (nSPS) is 35.2. The summed E-state index contributed by atoms with van der Waals surface area (Å²) in [5.74, 6) is 0.660. The summed E-state index contributed by atoms with van der Waals surface area (Å²) in [7, 11) is -3.44. The number of hydrogen-bond acceptors (Lipinski definition) is 3. The van der Waals surface area contributed by atoms with Crippen LogP contribution in [0, 0.1) is 16.7 Å². The summed E-state index contributed by atoms with van der Waals surface area (Å²) in [4.78, 5) is 12.9. The Labute approximate surface area is 165 Å². The number of nitrogens with zero attached hydrogens (tertiary/aromatic N) is 1. The molecule has 2 unspecified atom stereocenters. The second kappa shape index (κ2) is 7.12. The van der Waals surface area contributed by atoms with E-state index in [1.807, 2.05) is 4.31 Å². The maximum absolute atomic E-state index is 13.9. The molecule has 0 aromatic rings. The van der Waals surface area contributed by atoms with Gasteiger partial charge in [-0.05, 0) is 49.9 Å². The Morgan fingerprint density at radius 2 is 1.41 bits per heavy atom. The highest BCUT2D eigenvalue weighted by molar-refractivity contribution is 7.89. The van der Waals surface area contributed by atoms with Gasteiger partial charge in [0.15, 0.2) is 0 Å². The van der Waals surface area contributed by atoms with E-state index in [0.29, 0.717) is 12.3 Å². The van der Waals surface area contributed by atoms with E-state index in [-0.39, 0.29) is 29.0 Å². The molecule has 0 aromatic carbocycles. The molecule has 154 valence electrons. The van der Waals surface area contributed by atoms with Gasteiger partial charge >= 0.3 is 0 Å². The van der Waals surface area contributed by atoms with Gasteiger partial charge in [0.25, 0.3) is 0 Å². The standard InChI is InChI=1S/C22H37NO3S/c1-21(2)17-13-14-22(21,20(24)15-17)16-27(25,26)23(18-9-5-3-6-10-18)19-11-7-4-8-12-19/h17-19H,3-16H2,1-2H3. The van der Waals surface area contributed by atoms with Crippen LogP contribution in [0.5, 0.6) is 0 Å². The minimum Gasteiger partial charge on any atom is -0.299 e. The van der Waals surface area contributed by atoms with Gasteiger partial charge in [0, 0.05) is 23.9 Å². The molecule has 0 spiro atoms. The Morgan fingerprint density at radius 1 is 0.889 bits per heavy atom. The van der Waals surface area contributed by atoms with Crippen LogP contribution in [0.4, 0.5) is 0 Å². The Kier molecular flexibility index (Phi) is 5.24. The van der Waals surface area contributed by atoms with Crippen LogP contribution >= 0.6 is 0 Å². The fourth-order valence-electron chi connectivity index (χ4n) is 6.92. The molecule has 4 nitrogen and oxygen atoms in total. The predicted molar refractivity (Wildman–Crippen MR) is 108 cm³/mol. The number of hydrogen-bond donors (Lipinski definition) is 0. The quantitative estimate of drug-likeness (QED) is 0.679. The molecular formula is C22H37NO3S. The van der Waals surface area contributed by atoms with Crippen LogP contribution in [0.15, 0.2) is 0 Å². The smallest absolute Gasteiger partial charge is 0.215 e. The van der Waals surface area contributed by atoms with E-state index in [1.165, 1.54) is 12.8 Å². The van der Waals surface area contributed by atoms with E-state index < -0.39 is 15.4 Å². The summed E-state index contributed by atoms with van der Waals surface area (Å²) in [5.41, 5.74) is -0.819. The number of carbonyl (C=O) groups is 1. The number of fused-ring (bicyclic) bond motifs is 2. The van der Waals surface area contributed by atoms with Gasteiger partial charge in [-0.25, -0.2) is 8.42 Å². The van der Waals surface area contributed by atoms with Crippen molar-refractivity contribution in [3.05, 3.63) is 0 Å². The van der Waals surface area contributed by atoms with Crippen LogP contribution in [-0.4, -0.2) is 36.3 Å². The molecule has 5 heteroatoms. The molecule has 4 saturated carbocycles. The number of rotatable bonds is 5. The second-order valence-corrected chi connectivity index (χ2v) is 12.2. The van der Waals surface area contributed by atoms with E-state index in [1.54, 1.807) is 0 Å². The Hall–Kier alpha value is -0.420. The largest absolute Gasteiger partial charge is 0.299 e. The predicted octanol–water partition coefficient (Wildman–Crippen LogP) is 4.68. The van der Waals surface area contributed by atoms with Gasteiger partial charge in [-0.15, -0.1) is 0 Å². The molecule has 2 atom stereocenters. The molecule has 0 saturated heterocycles. The van der Waals surface area contributed by atoms with Crippen LogP contribution in [0.3, 0.4) is 0 Å². The summed E-state index contributed by atoms with van der Waals surface area (Å²) in [6, 6.07) is 0.333. The lowest BCUT2D eigenvalue weighted by Gasteiger charge is -2.43. The van der Waals surface area contributed by atoms with Crippen molar-refractivity contribution in [2.45, 2.75) is 109 Å². The lowest BCUT2D eigenvalue weighted by atomic mass is 9.70. The average Bonchev–Trinajstić information content (AvgIpc) is 2.97. The van der Waals surface area contributed by atoms with E-state index >= 15 is 0 Å². The zero-order valence-electron chi connectivity index (χ0n) is 17.2. The van der Waals surface area contributed by atoms with Crippen molar-refractivity contribution in [1.82, 2.24) is 4.31 Å². The average molecular weight is 396 g/mol. The van der Waals surface area contributed by atoms with Crippen LogP contribution < -0.4 is 0 Å². The zero-order chi connectivity index (χ0) is 19.3. The zero-order valence-corrected chi connectivity index (χ0v) is 18.0. The van der Waals surface area contributed by atoms with E-state index in [4.69, 9.17) is 0 Å². The molecule has 27 heavy (non-hydrogen) atoms. The summed E-state index contributed by atoms with van der Waals surface area (Å²) < 4.78 is 29.7. The highest BCUT2D eigenvalue weighted by Gasteiger charge is 2.65. The van der Waals surface area contributed by atoms with Gasteiger partial charge in [-0.3, -0.25) is 4.79 Å². The first-order valence-electron chi connectivity index (χ1n) is 11.3. The van der Waals surface area contributed by atoms with E-state index in [9.17, 15) is 13.2 Å². The van der Waals surface area contributed by atoms with Crippen LogP contribution in [-0.2, 0) is 14.8 Å². The number of ketones is 1. The van der Waals surface area contributed by atoms with Crippen molar-refractivity contribution in [1.29, 1.82) is 0 Å². The first-order chi connectivity index (χ1) is 12.8. The van der Waals surface area contributed by atoms with Gasteiger partial charge in [0.2, 0.25) is 10.0 Å². The highest BCUT2D eigenvalue weighted by atomic mass is 32.2. The molecule has 0 N–H and O–H groups in total. The third-order valence-electron chi connectivity index (χ3n) is 8.76. The van der Waals surface area contributed by atoms with Gasteiger partial charge in [-0.2, -0.15) is 4.31 Å². The van der Waals surface area contributed by atoms with Crippen molar-refractivity contribution in [3.8, 4) is 0 Å². The molecule has 0 aliphatic heterocycles. The lowest BCUT2D eigenvalue weighted by Crippen LogP contribution is -2.53. The first kappa shape index (κ1) is 19.9. The van der Waals surface area contributed by atoms with Crippen molar-refractivity contribution in [2.24, 2.45) is 16.7 Å². The van der Waals surface area contributed by atoms with E-state index in [2.05, 4.69) is 13.8 Å². The van der Waals surface area contributed by atoms with E-state index in [0.717, 1.165) is 64.2 Å². The molecule has 4 aliphatic rings. The fraction of sp³-hybridized carbons (Fsp3) is 0.955. The Morgan fingerprint density at radius 3 is 1.81 bits per heavy atom. The number of Topliss-reactive ketones (excluding diaryl/α,β-unsaturated/α-hetero) is 1. The molecule has 0 heterocycles. The summed E-state index contributed by atoms with van der Waals surface area (Å²) in [6.07, 6.45) is 13.4. The Bertz CT molecular complexity index is 656. The molecule has 0 amide bonds. The first-order valence-corrected chi connectivity index (χ1v) is 12.9. The van der Waals surface area contributed by atoms with Crippen molar-refractivity contribution in [2.75, 3.05) is 5.75 Å². The summed E-state index contributed by atoms with van der Waals surface area (Å²) >= 11 is 0. The van der Waals surface area contributed by atoms with Gasteiger partial charge in [0.1, 0.15) is 5.78 Å². The molecule has 0 aromatic heterocycles. The number of sulfonamides is 1. The van der Waals surface area contributed by atoms with Gasteiger partial charge in [-0.1, -0.05) is 52.4 Å². The monoisotopic (exact) mass is 395 g/mol. The third-order valence-corrected chi connectivity index (χ3v) is 10.9. The maximum Gasteiger partial charge on any atom is 0.215 e. The topological polar surface area (TPSA) is 54.5 Å². The lowest BCUT2D eigenvalue weighted by molar-refractivity contribution is -0.128. The molecule has 4 rings (SSSR count). The van der Waals surface area contributed by atoms with Crippen molar-refractivity contribution in [3.63, 3.8) is 0 Å². The second-order valence-electron chi connectivity index (χ2n) is 10.3.